The van der Waals surface area contributed by atoms with Gasteiger partial charge in [-0.05, 0) is 60.9 Å². The van der Waals surface area contributed by atoms with Gasteiger partial charge in [0.15, 0.2) is 0 Å². The van der Waals surface area contributed by atoms with Crippen molar-refractivity contribution in [3.05, 3.63) is 64.7 Å². The predicted molar refractivity (Wildman–Crippen MR) is 100 cm³/mol. The highest BCUT2D eigenvalue weighted by molar-refractivity contribution is 5.87. The van der Waals surface area contributed by atoms with Gasteiger partial charge in [0.05, 0.1) is 11.6 Å². The summed E-state index contributed by atoms with van der Waals surface area (Å²) in [5, 5.41) is 12.9. The lowest BCUT2D eigenvalue weighted by atomic mass is 9.72. The molecule has 0 unspecified atom stereocenters. The number of carboxylic acids is 1. The van der Waals surface area contributed by atoms with Crippen LogP contribution in [0.3, 0.4) is 0 Å². The molecular weight excluding hydrogens is 310 g/mol. The summed E-state index contributed by atoms with van der Waals surface area (Å²) < 4.78 is 0. The number of rotatable bonds is 2. The molecule has 3 nitrogen and oxygen atoms in total. The Hall–Kier alpha value is -2.29. The van der Waals surface area contributed by atoms with E-state index in [9.17, 15) is 4.79 Å². The van der Waals surface area contributed by atoms with Gasteiger partial charge in [0.2, 0.25) is 0 Å². The van der Waals surface area contributed by atoms with E-state index in [-0.39, 0.29) is 6.04 Å². The van der Waals surface area contributed by atoms with Gasteiger partial charge in [0.25, 0.3) is 0 Å². The van der Waals surface area contributed by atoms with E-state index in [4.69, 9.17) is 5.11 Å². The fourth-order valence-electron chi connectivity index (χ4n) is 4.68. The highest BCUT2D eigenvalue weighted by Gasteiger charge is 2.37. The molecule has 0 aromatic heterocycles. The molecule has 2 N–H and O–H groups in total. The van der Waals surface area contributed by atoms with Gasteiger partial charge in [0.1, 0.15) is 0 Å². The average molecular weight is 335 g/mol. The van der Waals surface area contributed by atoms with Crippen LogP contribution in [0.1, 0.15) is 71.1 Å². The summed E-state index contributed by atoms with van der Waals surface area (Å²) in [6, 6.07) is 14.4. The molecule has 1 aliphatic heterocycles. The Balaban J connectivity index is 1.74. The summed E-state index contributed by atoms with van der Waals surface area (Å²) in [5.74, 6) is 0.312. The number of aryl methyl sites for hydroxylation is 1. The Morgan fingerprint density at radius 2 is 1.80 bits per heavy atom. The van der Waals surface area contributed by atoms with E-state index in [1.807, 2.05) is 12.1 Å². The van der Waals surface area contributed by atoms with Crippen molar-refractivity contribution < 1.29 is 9.90 Å². The lowest BCUT2D eigenvalue weighted by molar-refractivity contribution is 0.0697. The standard InChI is InChI=1S/C22H25NO2/c1-14-7-12-20-19(13-14)17-5-3-2-4-6-18(17)21(23-20)15-8-10-16(11-9-15)22(24)25/h7-13,17-18,21,23H,2-6H2,1H3,(H,24,25)/t17-,18+,21+/m1/s1. The highest BCUT2D eigenvalue weighted by Crippen LogP contribution is 2.50. The van der Waals surface area contributed by atoms with Gasteiger partial charge < -0.3 is 10.4 Å². The number of benzene rings is 2. The van der Waals surface area contributed by atoms with Crippen LogP contribution in [0.15, 0.2) is 42.5 Å². The first-order valence-corrected chi connectivity index (χ1v) is 9.34. The second kappa shape index (κ2) is 6.55. The number of aromatic carboxylic acids is 1. The van der Waals surface area contributed by atoms with Crippen LogP contribution in [0, 0.1) is 12.8 Å². The molecule has 4 rings (SSSR count). The lowest BCUT2D eigenvalue weighted by Crippen LogP contribution is -2.31. The van der Waals surface area contributed by atoms with Gasteiger partial charge in [-0.25, -0.2) is 4.79 Å². The van der Waals surface area contributed by atoms with E-state index in [1.165, 1.54) is 54.5 Å². The number of hydrogen-bond acceptors (Lipinski definition) is 2. The molecule has 2 aliphatic rings. The van der Waals surface area contributed by atoms with Gasteiger partial charge in [-0.3, -0.25) is 0 Å². The normalized spacial score (nSPS) is 25.2. The van der Waals surface area contributed by atoms with E-state index in [1.54, 1.807) is 12.1 Å². The summed E-state index contributed by atoms with van der Waals surface area (Å²) in [6.07, 6.45) is 6.40. The third-order valence-corrected chi connectivity index (χ3v) is 5.93. The first-order chi connectivity index (χ1) is 12.1. The number of anilines is 1. The largest absolute Gasteiger partial charge is 0.478 e. The smallest absolute Gasteiger partial charge is 0.335 e. The van der Waals surface area contributed by atoms with Crippen molar-refractivity contribution in [2.75, 3.05) is 5.32 Å². The molecule has 1 heterocycles. The first kappa shape index (κ1) is 16.2. The van der Waals surface area contributed by atoms with Crippen molar-refractivity contribution in [2.24, 2.45) is 5.92 Å². The molecule has 1 fully saturated rings. The van der Waals surface area contributed by atoms with Crippen LogP contribution in [-0.4, -0.2) is 11.1 Å². The van der Waals surface area contributed by atoms with Gasteiger partial charge in [-0.15, -0.1) is 0 Å². The summed E-state index contributed by atoms with van der Waals surface area (Å²) in [5.41, 5.74) is 5.61. The molecule has 0 bridgehead atoms. The number of carbonyl (C=O) groups is 1. The molecule has 2 aromatic carbocycles. The van der Waals surface area contributed by atoms with Crippen molar-refractivity contribution in [3.8, 4) is 0 Å². The van der Waals surface area contributed by atoms with E-state index in [0.717, 1.165) is 0 Å². The number of nitrogens with one attached hydrogen (secondary N) is 1. The van der Waals surface area contributed by atoms with Crippen molar-refractivity contribution >= 4 is 11.7 Å². The summed E-state index contributed by atoms with van der Waals surface area (Å²) in [4.78, 5) is 11.1. The fraction of sp³-hybridized carbons (Fsp3) is 0.409. The second-order valence-electron chi connectivity index (χ2n) is 7.55. The zero-order valence-corrected chi connectivity index (χ0v) is 14.7. The SMILES string of the molecule is Cc1ccc2c(c1)[C@@H]1CCCCC[C@@H]1[C@H](c1ccc(C(=O)O)cc1)N2. The average Bonchev–Trinajstić information content (AvgIpc) is 2.87. The van der Waals surface area contributed by atoms with Crippen molar-refractivity contribution in [1.29, 1.82) is 0 Å². The Kier molecular flexibility index (Phi) is 4.24. The van der Waals surface area contributed by atoms with E-state index >= 15 is 0 Å². The maximum absolute atomic E-state index is 11.1. The number of carboxylic acid groups (broad SMARTS) is 1. The summed E-state index contributed by atoms with van der Waals surface area (Å²) in [6.45, 7) is 2.17. The van der Waals surface area contributed by atoms with Crippen LogP contribution in [0.25, 0.3) is 0 Å². The molecule has 2 aromatic rings. The molecule has 0 radical (unpaired) electrons. The van der Waals surface area contributed by atoms with Crippen LogP contribution in [0.4, 0.5) is 5.69 Å². The Morgan fingerprint density at radius 1 is 1.04 bits per heavy atom. The molecule has 3 heteroatoms. The van der Waals surface area contributed by atoms with Crippen LogP contribution in [0.5, 0.6) is 0 Å². The Morgan fingerprint density at radius 3 is 2.56 bits per heavy atom. The Bertz CT molecular complexity index is 781. The summed E-state index contributed by atoms with van der Waals surface area (Å²) in [7, 11) is 0. The molecule has 1 saturated carbocycles. The van der Waals surface area contributed by atoms with Crippen LogP contribution in [-0.2, 0) is 0 Å². The first-order valence-electron chi connectivity index (χ1n) is 9.34. The molecule has 25 heavy (non-hydrogen) atoms. The lowest BCUT2D eigenvalue weighted by Gasteiger charge is -2.41. The van der Waals surface area contributed by atoms with Crippen LogP contribution >= 0.6 is 0 Å². The zero-order chi connectivity index (χ0) is 17.4. The number of hydrogen-bond donors (Lipinski definition) is 2. The van der Waals surface area contributed by atoms with E-state index < -0.39 is 5.97 Å². The third-order valence-electron chi connectivity index (χ3n) is 5.93. The van der Waals surface area contributed by atoms with Gasteiger partial charge in [-0.1, -0.05) is 49.1 Å². The van der Waals surface area contributed by atoms with E-state index in [0.29, 0.717) is 17.4 Å². The molecule has 0 saturated heterocycles. The van der Waals surface area contributed by atoms with Crippen molar-refractivity contribution in [1.82, 2.24) is 0 Å². The van der Waals surface area contributed by atoms with Gasteiger partial charge in [-0.2, -0.15) is 0 Å². The fourth-order valence-corrected chi connectivity index (χ4v) is 4.68. The van der Waals surface area contributed by atoms with Gasteiger partial charge in [0, 0.05) is 5.69 Å². The van der Waals surface area contributed by atoms with E-state index in [2.05, 4.69) is 30.4 Å². The number of fused-ring (bicyclic) bond motifs is 3. The van der Waals surface area contributed by atoms with Crippen LogP contribution in [0.2, 0.25) is 0 Å². The minimum atomic E-state index is -0.865. The van der Waals surface area contributed by atoms with Crippen LogP contribution < -0.4 is 5.32 Å². The van der Waals surface area contributed by atoms with Crippen molar-refractivity contribution in [3.63, 3.8) is 0 Å². The highest BCUT2D eigenvalue weighted by atomic mass is 16.4. The third kappa shape index (κ3) is 3.04. The zero-order valence-electron chi connectivity index (χ0n) is 14.7. The maximum Gasteiger partial charge on any atom is 0.335 e. The molecule has 130 valence electrons. The Labute approximate surface area is 149 Å². The molecule has 1 aliphatic carbocycles. The minimum Gasteiger partial charge on any atom is -0.478 e. The predicted octanol–water partition coefficient (Wildman–Crippen LogP) is 5.52. The molecule has 0 amide bonds. The quantitative estimate of drug-likeness (QED) is 0.759. The maximum atomic E-state index is 11.1. The summed E-state index contributed by atoms with van der Waals surface area (Å²) >= 11 is 0. The monoisotopic (exact) mass is 335 g/mol. The second-order valence-corrected chi connectivity index (χ2v) is 7.55. The van der Waals surface area contributed by atoms with Gasteiger partial charge >= 0.3 is 5.97 Å². The topological polar surface area (TPSA) is 49.3 Å². The molecule has 3 atom stereocenters. The van der Waals surface area contributed by atoms with Crippen molar-refractivity contribution in [2.45, 2.75) is 51.0 Å². The minimum absolute atomic E-state index is 0.265. The molecular formula is C22H25NO2. The molecule has 0 spiro atoms.